The second-order valence-corrected chi connectivity index (χ2v) is 5.23. The van der Waals surface area contributed by atoms with Crippen molar-refractivity contribution in [3.8, 4) is 0 Å². The third-order valence-corrected chi connectivity index (χ3v) is 3.91. The van der Waals surface area contributed by atoms with Crippen molar-refractivity contribution in [2.24, 2.45) is 0 Å². The number of hydrogen-bond donors (Lipinski definition) is 2. The second-order valence-electron chi connectivity index (χ2n) is 4.71. The highest BCUT2D eigenvalue weighted by atomic mass is 32.1. The number of thiol groups is 1. The van der Waals surface area contributed by atoms with E-state index < -0.39 is 0 Å². The molecule has 0 saturated heterocycles. The highest BCUT2D eigenvalue weighted by Crippen LogP contribution is 2.23. The van der Waals surface area contributed by atoms with Gasteiger partial charge in [0, 0.05) is 0 Å². The van der Waals surface area contributed by atoms with E-state index in [9.17, 15) is 0 Å². The molecule has 2 aromatic rings. The fraction of sp³-hybridized carbons (Fsp3) is 0.118. The quantitative estimate of drug-likeness (QED) is 0.815. The molecule has 100 valence electrons. The van der Waals surface area contributed by atoms with Crippen LogP contribution in [0.5, 0.6) is 0 Å². The summed E-state index contributed by atoms with van der Waals surface area (Å²) >= 11 is 4.40. The monoisotopic (exact) mass is 281 g/mol. The van der Waals surface area contributed by atoms with Crippen LogP contribution < -0.4 is 0 Å². The molecule has 1 aliphatic rings. The van der Waals surface area contributed by atoms with E-state index >= 15 is 0 Å². The summed E-state index contributed by atoms with van der Waals surface area (Å²) in [5.41, 5.74) is 1.61. The summed E-state index contributed by atoms with van der Waals surface area (Å²) in [4.78, 5) is 0. The minimum absolute atomic E-state index is 0.269. The van der Waals surface area contributed by atoms with Crippen molar-refractivity contribution in [2.75, 3.05) is 0 Å². The van der Waals surface area contributed by atoms with Crippen LogP contribution in [0, 0.1) is 5.41 Å². The first-order chi connectivity index (χ1) is 9.75. The maximum absolute atomic E-state index is 7.76. The molecule has 1 unspecified atom stereocenters. The van der Waals surface area contributed by atoms with E-state index in [1.54, 1.807) is 6.08 Å². The Morgan fingerprint density at radius 2 is 1.90 bits per heavy atom. The van der Waals surface area contributed by atoms with E-state index in [1.165, 1.54) is 10.8 Å². The van der Waals surface area contributed by atoms with Crippen LogP contribution in [0.4, 0.5) is 0 Å². The highest BCUT2D eigenvalue weighted by molar-refractivity contribution is 7.82. The Kier molecular flexibility index (Phi) is 3.61. The molecule has 0 amide bonds. The van der Waals surface area contributed by atoms with Gasteiger partial charge in [-0.05, 0) is 28.5 Å². The lowest BCUT2D eigenvalue weighted by molar-refractivity contribution is 0.199. The highest BCUT2D eigenvalue weighted by Gasteiger charge is 2.17. The molecule has 3 rings (SSSR count). The molecule has 1 atom stereocenters. The zero-order chi connectivity index (χ0) is 13.9. The van der Waals surface area contributed by atoms with Gasteiger partial charge in [0.2, 0.25) is 0 Å². The number of rotatable bonds is 3. The molecule has 0 heterocycles. The van der Waals surface area contributed by atoms with Crippen LogP contribution in [0.15, 0.2) is 66.5 Å². The maximum Gasteiger partial charge on any atom is 0.115 e. The van der Waals surface area contributed by atoms with Crippen molar-refractivity contribution in [2.45, 2.75) is 11.9 Å². The van der Waals surface area contributed by atoms with Crippen LogP contribution in [0.25, 0.3) is 10.8 Å². The standard InChI is InChI=1S/C17H15NOS/c18-15-9-4-10-16(17(15)20)19-11-13-7-3-6-12-5-1-2-8-14(12)13/h1-10,17-18,20H,11H2. The minimum atomic E-state index is -0.269. The smallest absolute Gasteiger partial charge is 0.115 e. The number of fused-ring (bicyclic) bond motifs is 1. The molecule has 0 fully saturated rings. The Morgan fingerprint density at radius 3 is 2.80 bits per heavy atom. The average molecular weight is 281 g/mol. The zero-order valence-electron chi connectivity index (χ0n) is 10.9. The lowest BCUT2D eigenvalue weighted by atomic mass is 10.1. The van der Waals surface area contributed by atoms with Crippen molar-refractivity contribution in [3.63, 3.8) is 0 Å². The van der Waals surface area contributed by atoms with Gasteiger partial charge >= 0.3 is 0 Å². The maximum atomic E-state index is 7.76. The number of allylic oxidation sites excluding steroid dienone is 3. The van der Waals surface area contributed by atoms with Gasteiger partial charge in [-0.15, -0.1) is 0 Å². The molecule has 1 aliphatic carbocycles. The number of ether oxygens (including phenoxy) is 1. The topological polar surface area (TPSA) is 33.1 Å². The Bertz CT molecular complexity index is 713. The van der Waals surface area contributed by atoms with Gasteiger partial charge in [-0.3, -0.25) is 0 Å². The first-order valence-electron chi connectivity index (χ1n) is 6.50. The fourth-order valence-electron chi connectivity index (χ4n) is 2.29. The lowest BCUT2D eigenvalue weighted by Crippen LogP contribution is -2.18. The van der Waals surface area contributed by atoms with Gasteiger partial charge in [0.25, 0.3) is 0 Å². The van der Waals surface area contributed by atoms with E-state index in [0.29, 0.717) is 12.3 Å². The van der Waals surface area contributed by atoms with E-state index in [0.717, 1.165) is 11.3 Å². The fourth-order valence-corrected chi connectivity index (χ4v) is 2.54. The molecule has 2 aromatic carbocycles. The van der Waals surface area contributed by atoms with Crippen LogP contribution in [0.1, 0.15) is 5.56 Å². The van der Waals surface area contributed by atoms with Gasteiger partial charge in [0.1, 0.15) is 17.6 Å². The Hall–Kier alpha value is -2.00. The molecular weight excluding hydrogens is 266 g/mol. The average Bonchev–Trinajstić information content (AvgIpc) is 2.49. The molecule has 1 N–H and O–H groups in total. The molecule has 0 bridgehead atoms. The third kappa shape index (κ3) is 2.49. The van der Waals surface area contributed by atoms with Gasteiger partial charge in [-0.2, -0.15) is 12.6 Å². The van der Waals surface area contributed by atoms with Crippen molar-refractivity contribution < 1.29 is 4.74 Å². The predicted molar refractivity (Wildman–Crippen MR) is 86.5 cm³/mol. The van der Waals surface area contributed by atoms with E-state index in [-0.39, 0.29) is 5.25 Å². The van der Waals surface area contributed by atoms with Crippen LogP contribution in [0.2, 0.25) is 0 Å². The molecule has 0 spiro atoms. The molecule has 20 heavy (non-hydrogen) atoms. The Labute approximate surface area is 123 Å². The van der Waals surface area contributed by atoms with Gasteiger partial charge in [-0.25, -0.2) is 0 Å². The van der Waals surface area contributed by atoms with E-state index in [1.807, 2.05) is 30.4 Å². The van der Waals surface area contributed by atoms with Gasteiger partial charge < -0.3 is 10.1 Å². The summed E-state index contributed by atoms with van der Waals surface area (Å²) in [6, 6.07) is 14.5. The summed E-state index contributed by atoms with van der Waals surface area (Å²) in [5.74, 6) is 0.730. The summed E-state index contributed by atoms with van der Waals surface area (Å²) in [5, 5.41) is 9.90. The molecule has 2 nitrogen and oxygen atoms in total. The zero-order valence-corrected chi connectivity index (χ0v) is 11.8. The molecule has 3 heteroatoms. The third-order valence-electron chi connectivity index (χ3n) is 3.37. The summed E-state index contributed by atoms with van der Waals surface area (Å²) in [7, 11) is 0. The Balaban J connectivity index is 1.83. The molecule has 0 radical (unpaired) electrons. The van der Waals surface area contributed by atoms with Crippen molar-refractivity contribution >= 4 is 29.1 Å². The van der Waals surface area contributed by atoms with Crippen LogP contribution in [-0.4, -0.2) is 11.0 Å². The first kappa shape index (κ1) is 13.0. The number of nitrogens with one attached hydrogen (secondary N) is 1. The van der Waals surface area contributed by atoms with Crippen LogP contribution >= 0.6 is 12.6 Å². The lowest BCUT2D eigenvalue weighted by Gasteiger charge is -2.18. The summed E-state index contributed by atoms with van der Waals surface area (Å²) in [6.07, 6.45) is 5.44. The number of benzene rings is 2. The van der Waals surface area contributed by atoms with Crippen LogP contribution in [-0.2, 0) is 11.3 Å². The van der Waals surface area contributed by atoms with Gasteiger partial charge in [0.05, 0.1) is 5.71 Å². The Morgan fingerprint density at radius 1 is 1.10 bits per heavy atom. The van der Waals surface area contributed by atoms with Crippen molar-refractivity contribution in [1.82, 2.24) is 0 Å². The normalized spacial score (nSPS) is 18.1. The second kappa shape index (κ2) is 5.55. The number of hydrogen-bond acceptors (Lipinski definition) is 3. The predicted octanol–water partition coefficient (Wildman–Crippen LogP) is 4.13. The van der Waals surface area contributed by atoms with E-state index in [2.05, 4.69) is 36.9 Å². The minimum Gasteiger partial charge on any atom is -0.492 e. The molecule has 0 aromatic heterocycles. The largest absolute Gasteiger partial charge is 0.492 e. The van der Waals surface area contributed by atoms with Crippen molar-refractivity contribution in [1.29, 1.82) is 5.41 Å². The van der Waals surface area contributed by atoms with Gasteiger partial charge in [0.15, 0.2) is 0 Å². The summed E-state index contributed by atoms with van der Waals surface area (Å²) in [6.45, 7) is 0.491. The summed E-state index contributed by atoms with van der Waals surface area (Å²) < 4.78 is 5.85. The first-order valence-corrected chi connectivity index (χ1v) is 7.01. The molecule has 0 saturated carbocycles. The van der Waals surface area contributed by atoms with Crippen LogP contribution in [0.3, 0.4) is 0 Å². The van der Waals surface area contributed by atoms with Crippen molar-refractivity contribution in [3.05, 3.63) is 72.0 Å². The molecular formula is C17H15NOS. The van der Waals surface area contributed by atoms with E-state index in [4.69, 9.17) is 10.1 Å². The molecule has 0 aliphatic heterocycles. The SMILES string of the molecule is N=C1C=CC=C(OCc2cccc3ccccc23)C1S. The van der Waals surface area contributed by atoms with Gasteiger partial charge in [-0.1, -0.05) is 48.5 Å².